The molecule has 0 aliphatic rings. The Morgan fingerprint density at radius 3 is 2.33 bits per heavy atom. The topological polar surface area (TPSA) is 32.6 Å². The fourth-order valence-corrected chi connectivity index (χ4v) is 1.14. The summed E-state index contributed by atoms with van der Waals surface area (Å²) in [6.45, 7) is 0. The molecule has 1 aromatic rings. The van der Waals surface area contributed by atoms with Crippen LogP contribution >= 0.6 is 23.2 Å². The standard InChI is InChI=1S/C8H7Cl2NO/c9-5-8(11-12)6-1-3-7(10)4-2-6/h1-4,12H,5H2. The first-order chi connectivity index (χ1) is 5.77. The molecule has 0 fully saturated rings. The summed E-state index contributed by atoms with van der Waals surface area (Å²) in [4.78, 5) is 0. The van der Waals surface area contributed by atoms with Crippen LogP contribution in [0.3, 0.4) is 0 Å². The van der Waals surface area contributed by atoms with Crippen LogP contribution in [0.2, 0.25) is 5.02 Å². The molecular formula is C8H7Cl2NO. The number of alkyl halides is 1. The van der Waals surface area contributed by atoms with Gasteiger partial charge in [0.2, 0.25) is 0 Å². The maximum absolute atomic E-state index is 8.52. The largest absolute Gasteiger partial charge is 0.411 e. The zero-order valence-electron chi connectivity index (χ0n) is 6.17. The van der Waals surface area contributed by atoms with E-state index in [2.05, 4.69) is 5.16 Å². The smallest absolute Gasteiger partial charge is 0.101 e. The van der Waals surface area contributed by atoms with Crippen molar-refractivity contribution in [2.24, 2.45) is 5.16 Å². The molecule has 0 radical (unpaired) electrons. The summed E-state index contributed by atoms with van der Waals surface area (Å²) in [5.74, 6) is 0.179. The summed E-state index contributed by atoms with van der Waals surface area (Å²) in [5.41, 5.74) is 1.21. The summed E-state index contributed by atoms with van der Waals surface area (Å²) in [6, 6.07) is 6.93. The molecule has 0 bridgehead atoms. The number of rotatable bonds is 2. The fourth-order valence-electron chi connectivity index (χ4n) is 0.804. The van der Waals surface area contributed by atoms with E-state index in [4.69, 9.17) is 28.4 Å². The van der Waals surface area contributed by atoms with Gasteiger partial charge in [0.1, 0.15) is 5.71 Å². The molecule has 0 aliphatic carbocycles. The second-order valence-electron chi connectivity index (χ2n) is 2.19. The van der Waals surface area contributed by atoms with Crippen LogP contribution in [0.1, 0.15) is 5.56 Å². The highest BCUT2D eigenvalue weighted by Gasteiger charge is 2.01. The third-order valence-corrected chi connectivity index (χ3v) is 1.93. The lowest BCUT2D eigenvalue weighted by atomic mass is 10.1. The van der Waals surface area contributed by atoms with Gasteiger partial charge in [-0.1, -0.05) is 28.9 Å². The number of hydrogen-bond acceptors (Lipinski definition) is 2. The molecular weight excluding hydrogens is 197 g/mol. The lowest BCUT2D eigenvalue weighted by Crippen LogP contribution is -2.01. The van der Waals surface area contributed by atoms with E-state index in [-0.39, 0.29) is 5.88 Å². The van der Waals surface area contributed by atoms with Gasteiger partial charge in [0.05, 0.1) is 5.88 Å². The maximum atomic E-state index is 8.52. The predicted octanol–water partition coefficient (Wildman–Crippen LogP) is 2.76. The lowest BCUT2D eigenvalue weighted by Gasteiger charge is -1.99. The Balaban J connectivity index is 2.96. The first kappa shape index (κ1) is 9.36. The molecule has 1 rings (SSSR count). The molecule has 0 spiro atoms. The third-order valence-electron chi connectivity index (χ3n) is 1.42. The van der Waals surface area contributed by atoms with Crippen LogP contribution in [0.4, 0.5) is 0 Å². The normalized spacial score (nSPS) is 11.7. The van der Waals surface area contributed by atoms with Gasteiger partial charge in [0.15, 0.2) is 0 Å². The van der Waals surface area contributed by atoms with Crippen molar-refractivity contribution < 1.29 is 5.21 Å². The Kier molecular flexibility index (Phi) is 3.38. The van der Waals surface area contributed by atoms with Gasteiger partial charge in [-0.25, -0.2) is 0 Å². The number of oxime groups is 1. The minimum Gasteiger partial charge on any atom is -0.411 e. The summed E-state index contributed by atoms with van der Waals surface area (Å²) in [6.07, 6.45) is 0. The van der Waals surface area contributed by atoms with Gasteiger partial charge in [-0.3, -0.25) is 0 Å². The number of hydrogen-bond donors (Lipinski definition) is 1. The molecule has 0 aliphatic heterocycles. The summed E-state index contributed by atoms with van der Waals surface area (Å²) in [7, 11) is 0. The Labute approximate surface area is 80.4 Å². The highest BCUT2D eigenvalue weighted by atomic mass is 35.5. The van der Waals surface area contributed by atoms with Crippen LogP contribution in [-0.4, -0.2) is 16.8 Å². The van der Waals surface area contributed by atoms with E-state index in [1.807, 2.05) is 0 Å². The minimum absolute atomic E-state index is 0.179. The van der Waals surface area contributed by atoms with Crippen LogP contribution in [0.25, 0.3) is 0 Å². The molecule has 1 aromatic carbocycles. The second kappa shape index (κ2) is 4.33. The van der Waals surface area contributed by atoms with Crippen molar-refractivity contribution in [1.29, 1.82) is 0 Å². The molecule has 0 heterocycles. The molecule has 0 amide bonds. The Bertz CT molecular complexity index is 282. The van der Waals surface area contributed by atoms with Crippen molar-refractivity contribution in [3.8, 4) is 0 Å². The fraction of sp³-hybridized carbons (Fsp3) is 0.125. The van der Waals surface area contributed by atoms with Crippen molar-refractivity contribution >= 4 is 28.9 Å². The first-order valence-electron chi connectivity index (χ1n) is 3.30. The third kappa shape index (κ3) is 2.13. The SMILES string of the molecule is ON=C(CCl)c1ccc(Cl)cc1. The zero-order valence-corrected chi connectivity index (χ0v) is 7.68. The Morgan fingerprint density at radius 2 is 1.92 bits per heavy atom. The van der Waals surface area contributed by atoms with Gasteiger partial charge in [-0.05, 0) is 12.1 Å². The van der Waals surface area contributed by atoms with Crippen molar-refractivity contribution in [1.82, 2.24) is 0 Å². The Hall–Kier alpha value is -0.730. The van der Waals surface area contributed by atoms with Gasteiger partial charge in [-0.15, -0.1) is 11.6 Å². The van der Waals surface area contributed by atoms with Crippen LogP contribution in [-0.2, 0) is 0 Å². The highest BCUT2D eigenvalue weighted by Crippen LogP contribution is 2.10. The monoisotopic (exact) mass is 203 g/mol. The van der Waals surface area contributed by atoms with Gasteiger partial charge < -0.3 is 5.21 Å². The predicted molar refractivity (Wildman–Crippen MR) is 50.5 cm³/mol. The van der Waals surface area contributed by atoms with Gasteiger partial charge in [-0.2, -0.15) is 0 Å². The van der Waals surface area contributed by atoms with Gasteiger partial charge >= 0.3 is 0 Å². The zero-order chi connectivity index (χ0) is 8.97. The van der Waals surface area contributed by atoms with E-state index in [0.717, 1.165) is 5.56 Å². The molecule has 4 heteroatoms. The lowest BCUT2D eigenvalue weighted by molar-refractivity contribution is 0.319. The van der Waals surface area contributed by atoms with E-state index in [0.29, 0.717) is 10.7 Å². The van der Waals surface area contributed by atoms with Crippen molar-refractivity contribution in [3.63, 3.8) is 0 Å². The number of benzene rings is 1. The molecule has 0 unspecified atom stereocenters. The van der Waals surface area contributed by atoms with Crippen LogP contribution in [0.5, 0.6) is 0 Å². The molecule has 0 aromatic heterocycles. The molecule has 64 valence electrons. The number of nitrogens with zero attached hydrogens (tertiary/aromatic N) is 1. The maximum Gasteiger partial charge on any atom is 0.101 e. The summed E-state index contributed by atoms with van der Waals surface area (Å²) >= 11 is 11.2. The van der Waals surface area contributed by atoms with Crippen molar-refractivity contribution in [3.05, 3.63) is 34.9 Å². The van der Waals surface area contributed by atoms with E-state index < -0.39 is 0 Å². The summed E-state index contributed by atoms with van der Waals surface area (Å²) < 4.78 is 0. The average molecular weight is 204 g/mol. The average Bonchev–Trinajstić information content (AvgIpc) is 2.10. The van der Waals surface area contributed by atoms with Crippen LogP contribution in [0.15, 0.2) is 29.4 Å². The first-order valence-corrected chi connectivity index (χ1v) is 4.22. The van der Waals surface area contributed by atoms with Crippen LogP contribution < -0.4 is 0 Å². The van der Waals surface area contributed by atoms with E-state index in [1.54, 1.807) is 24.3 Å². The highest BCUT2D eigenvalue weighted by molar-refractivity contribution is 6.32. The van der Waals surface area contributed by atoms with E-state index in [9.17, 15) is 0 Å². The quantitative estimate of drug-likeness (QED) is 0.341. The molecule has 12 heavy (non-hydrogen) atoms. The number of halogens is 2. The van der Waals surface area contributed by atoms with E-state index in [1.165, 1.54) is 0 Å². The molecule has 0 saturated carbocycles. The van der Waals surface area contributed by atoms with Gasteiger partial charge in [0.25, 0.3) is 0 Å². The van der Waals surface area contributed by atoms with Crippen molar-refractivity contribution in [2.75, 3.05) is 5.88 Å². The molecule has 0 saturated heterocycles. The van der Waals surface area contributed by atoms with Gasteiger partial charge in [0, 0.05) is 10.6 Å². The molecule has 2 nitrogen and oxygen atoms in total. The molecule has 1 N–H and O–H groups in total. The Morgan fingerprint density at radius 1 is 1.33 bits per heavy atom. The van der Waals surface area contributed by atoms with Crippen molar-refractivity contribution in [2.45, 2.75) is 0 Å². The molecule has 0 atom stereocenters. The minimum atomic E-state index is 0.179. The van der Waals surface area contributed by atoms with E-state index >= 15 is 0 Å². The second-order valence-corrected chi connectivity index (χ2v) is 2.89. The van der Waals surface area contributed by atoms with Crippen LogP contribution in [0, 0.1) is 0 Å². The summed E-state index contributed by atoms with van der Waals surface area (Å²) in [5, 5.41) is 12.2.